The highest BCUT2D eigenvalue weighted by atomic mass is 32.2. The molecule has 0 aliphatic rings. The first-order chi connectivity index (χ1) is 15.5. The third-order valence-corrected chi connectivity index (χ3v) is 7.15. The van der Waals surface area contributed by atoms with E-state index in [1.54, 1.807) is 0 Å². The van der Waals surface area contributed by atoms with Gasteiger partial charge in [0.1, 0.15) is 0 Å². The van der Waals surface area contributed by atoms with E-state index in [-0.39, 0.29) is 24.5 Å². The molecule has 0 saturated carbocycles. The van der Waals surface area contributed by atoms with Gasteiger partial charge in [-0.05, 0) is 30.4 Å². The molecule has 2 unspecified atom stereocenters. The highest BCUT2D eigenvalue weighted by Gasteiger charge is 2.24. The van der Waals surface area contributed by atoms with Gasteiger partial charge in [0.2, 0.25) is 0 Å². The lowest BCUT2D eigenvalue weighted by Gasteiger charge is -2.25. The highest BCUT2D eigenvalue weighted by Crippen LogP contribution is 2.37. The molecule has 0 aromatic heterocycles. The van der Waals surface area contributed by atoms with E-state index in [0.717, 1.165) is 18.4 Å². The second kappa shape index (κ2) is 18.0. The summed E-state index contributed by atoms with van der Waals surface area (Å²) in [5, 5.41) is 28.4. The number of benzene rings is 1. The summed E-state index contributed by atoms with van der Waals surface area (Å²) in [6, 6.07) is 8.01. The number of aryl methyl sites for hydroxylation is 1. The zero-order chi connectivity index (χ0) is 23.6. The molecule has 0 amide bonds. The number of carbonyl (C=O) groups is 2. The van der Waals surface area contributed by atoms with Crippen LogP contribution in [-0.4, -0.2) is 39.1 Å². The summed E-state index contributed by atoms with van der Waals surface area (Å²) in [6.07, 6.45) is 13.0. The molecule has 0 saturated heterocycles. The van der Waals surface area contributed by atoms with Crippen molar-refractivity contribution in [1.29, 1.82) is 0 Å². The Balaban J connectivity index is 2.58. The molecule has 1 aromatic carbocycles. The van der Waals surface area contributed by atoms with Crippen LogP contribution in [0.25, 0.3) is 0 Å². The standard InChI is InChI=1S/C26H42O5S/c1-2-3-4-5-6-7-8-9-10-11-14-21-15-12-13-16-22(21)26(32-20-19-25(30)31)23(27)17-18-24(28)29/h12-13,15-16,23,26-27H,2-11,14,17-20H2,1H3,(H,28,29)(H,30,31). The SMILES string of the molecule is CCCCCCCCCCCCc1ccccc1C(SCCC(=O)O)C(O)CCC(=O)O. The number of carboxylic acids is 2. The zero-order valence-electron chi connectivity index (χ0n) is 19.6. The molecule has 2 atom stereocenters. The zero-order valence-corrected chi connectivity index (χ0v) is 20.5. The normalized spacial score (nSPS) is 13.1. The maximum absolute atomic E-state index is 11.0. The van der Waals surface area contributed by atoms with Gasteiger partial charge in [0.05, 0.1) is 17.8 Å². The second-order valence-electron chi connectivity index (χ2n) is 8.57. The molecule has 0 radical (unpaired) electrons. The third-order valence-electron chi connectivity index (χ3n) is 5.78. The third kappa shape index (κ3) is 13.1. The average Bonchev–Trinajstić information content (AvgIpc) is 2.76. The summed E-state index contributed by atoms with van der Waals surface area (Å²) in [6.45, 7) is 2.24. The van der Waals surface area contributed by atoms with Crippen LogP contribution < -0.4 is 0 Å². The minimum absolute atomic E-state index is 0.0213. The van der Waals surface area contributed by atoms with Crippen LogP contribution in [0.15, 0.2) is 24.3 Å². The Morgan fingerprint density at radius 3 is 2.00 bits per heavy atom. The van der Waals surface area contributed by atoms with Gasteiger partial charge < -0.3 is 15.3 Å². The van der Waals surface area contributed by atoms with E-state index in [9.17, 15) is 14.7 Å². The summed E-state index contributed by atoms with van der Waals surface area (Å²) >= 11 is 1.41. The van der Waals surface area contributed by atoms with Crippen molar-refractivity contribution in [1.82, 2.24) is 0 Å². The summed E-state index contributed by atoms with van der Waals surface area (Å²) in [4.78, 5) is 21.9. The Morgan fingerprint density at radius 2 is 1.41 bits per heavy atom. The number of aliphatic hydroxyl groups is 1. The number of hydrogen-bond acceptors (Lipinski definition) is 4. The van der Waals surface area contributed by atoms with E-state index in [1.807, 2.05) is 18.2 Å². The van der Waals surface area contributed by atoms with Gasteiger partial charge in [0, 0.05) is 12.2 Å². The lowest BCUT2D eigenvalue weighted by atomic mass is 9.95. The quantitative estimate of drug-likeness (QED) is 0.187. The number of unbranched alkanes of at least 4 members (excludes halogenated alkanes) is 9. The number of thioether (sulfide) groups is 1. The Bertz CT molecular complexity index is 649. The lowest BCUT2D eigenvalue weighted by Crippen LogP contribution is -2.19. The predicted octanol–water partition coefficient (Wildman–Crippen LogP) is 6.62. The Kier molecular flexibility index (Phi) is 16.0. The minimum Gasteiger partial charge on any atom is -0.481 e. The molecular formula is C26H42O5S. The van der Waals surface area contributed by atoms with E-state index < -0.39 is 18.0 Å². The lowest BCUT2D eigenvalue weighted by molar-refractivity contribution is -0.138. The molecule has 5 nitrogen and oxygen atoms in total. The van der Waals surface area contributed by atoms with Crippen LogP contribution in [0.2, 0.25) is 0 Å². The largest absolute Gasteiger partial charge is 0.481 e. The molecule has 0 fully saturated rings. The topological polar surface area (TPSA) is 94.8 Å². The van der Waals surface area contributed by atoms with Gasteiger partial charge in [-0.2, -0.15) is 11.8 Å². The first-order valence-electron chi connectivity index (χ1n) is 12.3. The van der Waals surface area contributed by atoms with Crippen LogP contribution in [0.1, 0.15) is 107 Å². The number of hydrogen-bond donors (Lipinski definition) is 3. The van der Waals surface area contributed by atoms with Crippen molar-refractivity contribution in [3.05, 3.63) is 35.4 Å². The van der Waals surface area contributed by atoms with Crippen LogP contribution in [0.5, 0.6) is 0 Å². The molecule has 3 N–H and O–H groups in total. The van der Waals surface area contributed by atoms with Crippen molar-refractivity contribution >= 4 is 23.7 Å². The van der Waals surface area contributed by atoms with Gasteiger partial charge in [-0.25, -0.2) is 0 Å². The summed E-state index contributed by atoms with van der Waals surface area (Å²) < 4.78 is 0. The van der Waals surface area contributed by atoms with E-state index >= 15 is 0 Å². The Labute approximate surface area is 198 Å². The van der Waals surface area contributed by atoms with Crippen molar-refractivity contribution in [3.63, 3.8) is 0 Å². The Hall–Kier alpha value is -1.53. The van der Waals surface area contributed by atoms with Gasteiger partial charge in [-0.3, -0.25) is 9.59 Å². The summed E-state index contributed by atoms with van der Waals surface area (Å²) in [5.74, 6) is -1.41. The number of carboxylic acid groups (broad SMARTS) is 2. The second-order valence-corrected chi connectivity index (χ2v) is 9.82. The first-order valence-corrected chi connectivity index (χ1v) is 13.3. The average molecular weight is 467 g/mol. The fourth-order valence-electron chi connectivity index (χ4n) is 3.95. The van der Waals surface area contributed by atoms with Crippen molar-refractivity contribution in [2.45, 2.75) is 108 Å². The van der Waals surface area contributed by atoms with Crippen molar-refractivity contribution in [3.8, 4) is 0 Å². The molecular weight excluding hydrogens is 424 g/mol. The molecule has 6 heteroatoms. The monoisotopic (exact) mass is 466 g/mol. The molecule has 32 heavy (non-hydrogen) atoms. The highest BCUT2D eigenvalue weighted by molar-refractivity contribution is 7.99. The minimum atomic E-state index is -0.933. The smallest absolute Gasteiger partial charge is 0.304 e. The van der Waals surface area contributed by atoms with E-state index in [0.29, 0.717) is 5.75 Å². The van der Waals surface area contributed by atoms with Crippen LogP contribution in [0, 0.1) is 0 Å². The molecule has 1 rings (SSSR count). The summed E-state index contributed by atoms with van der Waals surface area (Å²) in [7, 11) is 0. The molecule has 0 bridgehead atoms. The first kappa shape index (κ1) is 28.5. The van der Waals surface area contributed by atoms with Crippen molar-refractivity contribution in [2.75, 3.05) is 5.75 Å². The number of rotatable bonds is 20. The predicted molar refractivity (Wildman–Crippen MR) is 132 cm³/mol. The molecule has 0 spiro atoms. The van der Waals surface area contributed by atoms with Gasteiger partial charge in [0.25, 0.3) is 0 Å². The summed E-state index contributed by atoms with van der Waals surface area (Å²) in [5.41, 5.74) is 2.19. The van der Waals surface area contributed by atoms with Gasteiger partial charge in [-0.15, -0.1) is 0 Å². The van der Waals surface area contributed by atoms with E-state index in [1.165, 1.54) is 75.1 Å². The fraction of sp³-hybridized carbons (Fsp3) is 0.692. The van der Waals surface area contributed by atoms with Crippen LogP contribution in [0.4, 0.5) is 0 Å². The maximum atomic E-state index is 11.0. The molecule has 0 aliphatic carbocycles. The van der Waals surface area contributed by atoms with Gasteiger partial charge >= 0.3 is 11.9 Å². The molecule has 182 valence electrons. The number of aliphatic hydroxyl groups excluding tert-OH is 1. The van der Waals surface area contributed by atoms with E-state index in [2.05, 4.69) is 13.0 Å². The van der Waals surface area contributed by atoms with Crippen molar-refractivity contribution in [2.24, 2.45) is 0 Å². The van der Waals surface area contributed by atoms with Gasteiger partial charge in [0.15, 0.2) is 0 Å². The molecule has 0 aliphatic heterocycles. The van der Waals surface area contributed by atoms with Gasteiger partial charge in [-0.1, -0.05) is 89.0 Å². The van der Waals surface area contributed by atoms with Crippen LogP contribution in [0.3, 0.4) is 0 Å². The molecule has 1 aromatic rings. The van der Waals surface area contributed by atoms with Crippen LogP contribution >= 0.6 is 11.8 Å². The number of aliphatic carboxylic acids is 2. The molecule has 0 heterocycles. The van der Waals surface area contributed by atoms with Crippen LogP contribution in [-0.2, 0) is 16.0 Å². The van der Waals surface area contributed by atoms with E-state index in [4.69, 9.17) is 10.2 Å². The maximum Gasteiger partial charge on any atom is 0.304 e. The van der Waals surface area contributed by atoms with Crippen molar-refractivity contribution < 1.29 is 24.9 Å². The Morgan fingerprint density at radius 1 is 0.844 bits per heavy atom. The fourth-order valence-corrected chi connectivity index (χ4v) is 5.26.